The summed E-state index contributed by atoms with van der Waals surface area (Å²) in [5.41, 5.74) is 0.683. The van der Waals surface area contributed by atoms with Crippen LogP contribution >= 0.6 is 0 Å². The molecule has 0 amide bonds. The molecule has 3 heteroatoms. The Morgan fingerprint density at radius 3 is 2.55 bits per heavy atom. The maximum Gasteiger partial charge on any atom is 0.159 e. The van der Waals surface area contributed by atoms with E-state index in [4.69, 9.17) is 10.2 Å². The van der Waals surface area contributed by atoms with Crippen LogP contribution in [0.15, 0.2) is 18.2 Å². The topological polar surface area (TPSA) is 54.6 Å². The van der Waals surface area contributed by atoms with Gasteiger partial charge in [-0.1, -0.05) is 0 Å². The molecule has 0 aliphatic carbocycles. The number of nitrogens with zero attached hydrogens (tertiary/aromatic N) is 1. The SMILES string of the molecule is CC[N]c1ccc(O)c(O)c1. The molecule has 0 atom stereocenters. The van der Waals surface area contributed by atoms with E-state index in [1.54, 1.807) is 6.07 Å². The molecule has 0 fully saturated rings. The Hall–Kier alpha value is -1.38. The van der Waals surface area contributed by atoms with Gasteiger partial charge in [-0.3, -0.25) is 5.32 Å². The number of rotatable bonds is 2. The van der Waals surface area contributed by atoms with Crippen molar-refractivity contribution in [2.24, 2.45) is 0 Å². The summed E-state index contributed by atoms with van der Waals surface area (Å²) in [6, 6.07) is 4.50. The molecule has 0 saturated carbocycles. The highest BCUT2D eigenvalue weighted by atomic mass is 16.3. The zero-order valence-corrected chi connectivity index (χ0v) is 6.28. The quantitative estimate of drug-likeness (QED) is 0.628. The standard InChI is InChI=1S/C8H10NO2/c1-2-9-6-3-4-7(10)8(11)5-6/h3-5,10-11H,2H2,1H3. The molecular weight excluding hydrogens is 142 g/mol. The normalized spacial score (nSPS) is 9.55. The number of phenols is 2. The first-order valence-electron chi connectivity index (χ1n) is 3.43. The molecule has 2 N–H and O–H groups in total. The number of hydrogen-bond acceptors (Lipinski definition) is 2. The number of hydrogen-bond donors (Lipinski definition) is 2. The molecule has 0 bridgehead atoms. The molecular formula is C8H10NO2. The summed E-state index contributed by atoms with van der Waals surface area (Å²) in [5.74, 6) is -0.236. The minimum atomic E-state index is -0.125. The lowest BCUT2D eigenvalue weighted by atomic mass is 10.3. The zero-order chi connectivity index (χ0) is 8.27. The molecule has 0 unspecified atom stereocenters. The monoisotopic (exact) mass is 152 g/mol. The van der Waals surface area contributed by atoms with Crippen LogP contribution in [0.4, 0.5) is 5.69 Å². The van der Waals surface area contributed by atoms with Crippen LogP contribution in [0.25, 0.3) is 0 Å². The fourth-order valence-corrected chi connectivity index (χ4v) is 0.793. The van der Waals surface area contributed by atoms with Gasteiger partial charge in [-0.05, 0) is 19.1 Å². The van der Waals surface area contributed by atoms with E-state index >= 15 is 0 Å². The van der Waals surface area contributed by atoms with Crippen molar-refractivity contribution < 1.29 is 10.2 Å². The highest BCUT2D eigenvalue weighted by Crippen LogP contribution is 2.27. The summed E-state index contributed by atoms with van der Waals surface area (Å²) in [7, 11) is 0. The van der Waals surface area contributed by atoms with Gasteiger partial charge in [-0.25, -0.2) is 0 Å². The number of phenolic OH excluding ortho intramolecular Hbond substituents is 2. The summed E-state index contributed by atoms with van der Waals surface area (Å²) < 4.78 is 0. The molecule has 0 saturated heterocycles. The van der Waals surface area contributed by atoms with Gasteiger partial charge in [-0.2, -0.15) is 0 Å². The van der Waals surface area contributed by atoms with Crippen LogP contribution in [0.1, 0.15) is 6.92 Å². The molecule has 1 rings (SSSR count). The number of aromatic hydroxyl groups is 2. The molecule has 0 heterocycles. The van der Waals surface area contributed by atoms with Crippen molar-refractivity contribution >= 4 is 5.69 Å². The van der Waals surface area contributed by atoms with Gasteiger partial charge in [0.1, 0.15) is 0 Å². The van der Waals surface area contributed by atoms with Crippen LogP contribution in [0, 0.1) is 0 Å². The minimum Gasteiger partial charge on any atom is -0.504 e. The van der Waals surface area contributed by atoms with Crippen molar-refractivity contribution in [2.75, 3.05) is 6.54 Å². The first-order valence-corrected chi connectivity index (χ1v) is 3.43. The highest BCUT2D eigenvalue weighted by molar-refractivity contribution is 5.49. The second kappa shape index (κ2) is 3.14. The van der Waals surface area contributed by atoms with E-state index in [1.807, 2.05) is 6.92 Å². The fourth-order valence-electron chi connectivity index (χ4n) is 0.793. The molecule has 0 aromatic heterocycles. The third-order valence-corrected chi connectivity index (χ3v) is 1.30. The van der Waals surface area contributed by atoms with Crippen molar-refractivity contribution in [2.45, 2.75) is 6.92 Å². The lowest BCUT2D eigenvalue weighted by Gasteiger charge is -2.01. The Labute approximate surface area is 65.3 Å². The van der Waals surface area contributed by atoms with E-state index in [-0.39, 0.29) is 11.5 Å². The Balaban J connectivity index is 2.86. The van der Waals surface area contributed by atoms with Gasteiger partial charge < -0.3 is 10.2 Å². The van der Waals surface area contributed by atoms with E-state index in [1.165, 1.54) is 12.1 Å². The first-order chi connectivity index (χ1) is 5.24. The van der Waals surface area contributed by atoms with Crippen molar-refractivity contribution in [3.63, 3.8) is 0 Å². The third-order valence-electron chi connectivity index (χ3n) is 1.30. The molecule has 0 aliphatic rings. The van der Waals surface area contributed by atoms with E-state index in [9.17, 15) is 0 Å². The van der Waals surface area contributed by atoms with Crippen LogP contribution in [0.5, 0.6) is 11.5 Å². The average Bonchev–Trinajstić information content (AvgIpc) is 1.98. The van der Waals surface area contributed by atoms with Crippen molar-refractivity contribution in [1.82, 2.24) is 5.32 Å². The molecule has 1 aromatic rings. The summed E-state index contributed by atoms with van der Waals surface area (Å²) in [6.07, 6.45) is 0. The van der Waals surface area contributed by atoms with E-state index < -0.39 is 0 Å². The van der Waals surface area contributed by atoms with Crippen molar-refractivity contribution in [3.05, 3.63) is 18.2 Å². The smallest absolute Gasteiger partial charge is 0.159 e. The largest absolute Gasteiger partial charge is 0.504 e. The van der Waals surface area contributed by atoms with Crippen LogP contribution in [0.2, 0.25) is 0 Å². The molecule has 11 heavy (non-hydrogen) atoms. The lowest BCUT2D eigenvalue weighted by molar-refractivity contribution is 0.403. The Kier molecular flexibility index (Phi) is 2.21. The van der Waals surface area contributed by atoms with Crippen LogP contribution in [-0.2, 0) is 0 Å². The number of benzene rings is 1. The predicted molar refractivity (Wildman–Crippen MR) is 42.1 cm³/mol. The summed E-state index contributed by atoms with van der Waals surface area (Å²) in [4.78, 5) is 0. The average molecular weight is 152 g/mol. The maximum atomic E-state index is 9.02. The molecule has 59 valence electrons. The van der Waals surface area contributed by atoms with Crippen LogP contribution < -0.4 is 5.32 Å². The summed E-state index contributed by atoms with van der Waals surface area (Å²) >= 11 is 0. The van der Waals surface area contributed by atoms with E-state index in [0.717, 1.165) is 0 Å². The van der Waals surface area contributed by atoms with Gasteiger partial charge in [0.2, 0.25) is 0 Å². The van der Waals surface area contributed by atoms with E-state index in [2.05, 4.69) is 5.32 Å². The molecule has 1 radical (unpaired) electrons. The fraction of sp³-hybridized carbons (Fsp3) is 0.250. The Morgan fingerprint density at radius 1 is 1.27 bits per heavy atom. The van der Waals surface area contributed by atoms with Gasteiger partial charge in [0.25, 0.3) is 0 Å². The second-order valence-electron chi connectivity index (χ2n) is 2.15. The zero-order valence-electron chi connectivity index (χ0n) is 6.28. The first kappa shape index (κ1) is 7.72. The maximum absolute atomic E-state index is 9.02. The van der Waals surface area contributed by atoms with Crippen molar-refractivity contribution in [3.8, 4) is 11.5 Å². The minimum absolute atomic E-state index is 0.111. The van der Waals surface area contributed by atoms with Crippen LogP contribution in [-0.4, -0.2) is 16.8 Å². The lowest BCUT2D eigenvalue weighted by Crippen LogP contribution is -1.93. The van der Waals surface area contributed by atoms with Gasteiger partial charge in [-0.15, -0.1) is 0 Å². The summed E-state index contributed by atoms with van der Waals surface area (Å²) in [5, 5.41) is 22.0. The van der Waals surface area contributed by atoms with Gasteiger partial charge in [0.15, 0.2) is 11.5 Å². The molecule has 1 aromatic carbocycles. The van der Waals surface area contributed by atoms with Gasteiger partial charge >= 0.3 is 0 Å². The van der Waals surface area contributed by atoms with Gasteiger partial charge in [0, 0.05) is 12.6 Å². The van der Waals surface area contributed by atoms with Gasteiger partial charge in [0.05, 0.1) is 5.69 Å². The Morgan fingerprint density at radius 2 is 2.00 bits per heavy atom. The third kappa shape index (κ3) is 1.77. The molecule has 0 aliphatic heterocycles. The van der Waals surface area contributed by atoms with Crippen LogP contribution in [0.3, 0.4) is 0 Å². The predicted octanol–water partition coefficient (Wildman–Crippen LogP) is 1.35. The molecule has 3 nitrogen and oxygen atoms in total. The highest BCUT2D eigenvalue weighted by Gasteiger charge is 1.98. The van der Waals surface area contributed by atoms with E-state index in [0.29, 0.717) is 12.2 Å². The Bertz CT molecular complexity index is 248. The summed E-state index contributed by atoms with van der Waals surface area (Å²) in [6.45, 7) is 2.58. The van der Waals surface area contributed by atoms with Crippen molar-refractivity contribution in [1.29, 1.82) is 0 Å². The molecule has 0 spiro atoms. The second-order valence-corrected chi connectivity index (χ2v) is 2.15.